The third kappa shape index (κ3) is 4.32. The standard InChI is InChI=1S/C18H21FN2O4S/c19-12-4-7-18(25-11-13-3-1-2-8-24-13)16(9-12)15-10-14(26(21,22)23)5-6-17(15)20/h4-7,9-10,13H,1-3,8,11,20H2,(H2,21,22,23). The molecule has 6 nitrogen and oxygen atoms in total. The van der Waals surface area contributed by atoms with Crippen LogP contribution in [0.15, 0.2) is 41.3 Å². The largest absolute Gasteiger partial charge is 0.490 e. The average molecular weight is 380 g/mol. The number of hydrogen-bond acceptors (Lipinski definition) is 5. The second-order valence-corrected chi connectivity index (χ2v) is 7.80. The Hall–Kier alpha value is -2.16. The van der Waals surface area contributed by atoms with Crippen molar-refractivity contribution in [1.29, 1.82) is 0 Å². The summed E-state index contributed by atoms with van der Waals surface area (Å²) in [5, 5.41) is 5.19. The number of anilines is 1. The molecular formula is C18H21FN2O4S. The Kier molecular flexibility index (Phi) is 5.45. The molecule has 3 rings (SSSR count). The molecule has 0 saturated carbocycles. The van der Waals surface area contributed by atoms with E-state index < -0.39 is 15.8 Å². The summed E-state index contributed by atoms with van der Waals surface area (Å²) in [6, 6.07) is 8.09. The third-order valence-electron chi connectivity index (χ3n) is 4.28. The van der Waals surface area contributed by atoms with E-state index in [1.807, 2.05) is 0 Å². The lowest BCUT2D eigenvalue weighted by molar-refractivity contribution is -0.0109. The topological polar surface area (TPSA) is 105 Å². The molecule has 140 valence electrons. The lowest BCUT2D eigenvalue weighted by Crippen LogP contribution is -2.25. The van der Waals surface area contributed by atoms with Crippen molar-refractivity contribution in [2.24, 2.45) is 5.14 Å². The molecule has 1 fully saturated rings. The number of halogens is 1. The number of ether oxygens (including phenoxy) is 2. The van der Waals surface area contributed by atoms with Crippen LogP contribution in [0.5, 0.6) is 5.75 Å². The maximum atomic E-state index is 13.8. The molecule has 0 aromatic heterocycles. The molecule has 26 heavy (non-hydrogen) atoms. The van der Waals surface area contributed by atoms with Crippen molar-refractivity contribution in [3.63, 3.8) is 0 Å². The van der Waals surface area contributed by atoms with Crippen molar-refractivity contribution >= 4 is 15.7 Å². The van der Waals surface area contributed by atoms with Crippen molar-refractivity contribution in [1.82, 2.24) is 0 Å². The van der Waals surface area contributed by atoms with E-state index in [1.54, 1.807) is 0 Å². The molecule has 2 aromatic carbocycles. The number of rotatable bonds is 5. The van der Waals surface area contributed by atoms with Crippen molar-refractivity contribution in [3.8, 4) is 16.9 Å². The highest BCUT2D eigenvalue weighted by Crippen LogP contribution is 2.36. The predicted octanol–water partition coefficient (Wildman–Crippen LogP) is 2.67. The Morgan fingerprint density at radius 3 is 2.65 bits per heavy atom. The van der Waals surface area contributed by atoms with Crippen LogP contribution >= 0.6 is 0 Å². The highest BCUT2D eigenvalue weighted by atomic mass is 32.2. The smallest absolute Gasteiger partial charge is 0.238 e. The summed E-state index contributed by atoms with van der Waals surface area (Å²) in [4.78, 5) is -0.104. The fraction of sp³-hybridized carbons (Fsp3) is 0.333. The van der Waals surface area contributed by atoms with Gasteiger partial charge in [-0.25, -0.2) is 17.9 Å². The Labute approximate surface area is 152 Å². The molecule has 1 unspecified atom stereocenters. The molecule has 0 amide bonds. The molecular weight excluding hydrogens is 359 g/mol. The molecule has 0 bridgehead atoms. The zero-order valence-corrected chi connectivity index (χ0v) is 15.0. The van der Waals surface area contributed by atoms with Crippen LogP contribution in [0.1, 0.15) is 19.3 Å². The highest BCUT2D eigenvalue weighted by Gasteiger charge is 2.18. The Morgan fingerprint density at radius 2 is 1.96 bits per heavy atom. The van der Waals surface area contributed by atoms with Crippen LogP contribution in [0.3, 0.4) is 0 Å². The van der Waals surface area contributed by atoms with Gasteiger partial charge in [-0.15, -0.1) is 0 Å². The minimum Gasteiger partial charge on any atom is -0.490 e. The highest BCUT2D eigenvalue weighted by molar-refractivity contribution is 7.89. The van der Waals surface area contributed by atoms with E-state index in [9.17, 15) is 12.8 Å². The predicted molar refractivity (Wildman–Crippen MR) is 96.7 cm³/mol. The fourth-order valence-electron chi connectivity index (χ4n) is 2.91. The Morgan fingerprint density at radius 1 is 1.15 bits per heavy atom. The second kappa shape index (κ2) is 7.61. The summed E-state index contributed by atoms with van der Waals surface area (Å²) in [5.74, 6) is -0.0829. The van der Waals surface area contributed by atoms with Crippen LogP contribution in [-0.2, 0) is 14.8 Å². The SMILES string of the molecule is Nc1ccc(S(N)(=O)=O)cc1-c1cc(F)ccc1OCC1CCCCO1. The van der Waals surface area contributed by atoms with Crippen LogP contribution in [-0.4, -0.2) is 27.7 Å². The summed E-state index contributed by atoms with van der Waals surface area (Å²) in [6.07, 6.45) is 3.00. The Balaban J connectivity index is 1.95. The Bertz CT molecular complexity index is 896. The summed E-state index contributed by atoms with van der Waals surface area (Å²) in [7, 11) is -3.91. The number of nitrogens with two attached hydrogens (primary N) is 2. The minimum absolute atomic E-state index is 0.0187. The molecule has 1 atom stereocenters. The van der Waals surface area contributed by atoms with Gasteiger partial charge in [0.15, 0.2) is 0 Å². The van der Waals surface area contributed by atoms with E-state index in [4.69, 9.17) is 20.3 Å². The summed E-state index contributed by atoms with van der Waals surface area (Å²) in [5.41, 5.74) is 6.99. The van der Waals surface area contributed by atoms with Crippen LogP contribution < -0.4 is 15.6 Å². The lowest BCUT2D eigenvalue weighted by Gasteiger charge is -2.23. The number of primary sulfonamides is 1. The van der Waals surface area contributed by atoms with E-state index in [-0.39, 0.29) is 11.0 Å². The monoisotopic (exact) mass is 380 g/mol. The van der Waals surface area contributed by atoms with Gasteiger partial charge in [0.1, 0.15) is 18.2 Å². The normalized spacial score (nSPS) is 17.8. The number of sulfonamides is 1. The van der Waals surface area contributed by atoms with Crippen molar-refractivity contribution in [3.05, 3.63) is 42.2 Å². The van der Waals surface area contributed by atoms with Gasteiger partial charge >= 0.3 is 0 Å². The molecule has 8 heteroatoms. The summed E-state index contributed by atoms with van der Waals surface area (Å²) in [6.45, 7) is 1.03. The molecule has 0 radical (unpaired) electrons. The first kappa shape index (κ1) is 18.6. The maximum absolute atomic E-state index is 13.8. The average Bonchev–Trinajstić information content (AvgIpc) is 2.61. The van der Waals surface area contributed by atoms with Crippen LogP contribution in [0.25, 0.3) is 11.1 Å². The van der Waals surface area contributed by atoms with Crippen molar-refractivity contribution < 1.29 is 22.3 Å². The van der Waals surface area contributed by atoms with Crippen LogP contribution in [0.2, 0.25) is 0 Å². The van der Waals surface area contributed by atoms with Gasteiger partial charge in [-0.1, -0.05) is 0 Å². The van der Waals surface area contributed by atoms with Gasteiger partial charge in [-0.2, -0.15) is 0 Å². The lowest BCUT2D eigenvalue weighted by atomic mass is 10.0. The number of benzene rings is 2. The zero-order chi connectivity index (χ0) is 18.7. The van der Waals surface area contributed by atoms with Gasteiger partial charge < -0.3 is 15.2 Å². The van der Waals surface area contributed by atoms with Crippen LogP contribution in [0.4, 0.5) is 10.1 Å². The molecule has 1 heterocycles. The van der Waals surface area contributed by atoms with Gasteiger partial charge in [0.25, 0.3) is 0 Å². The second-order valence-electron chi connectivity index (χ2n) is 6.23. The van der Waals surface area contributed by atoms with Crippen LogP contribution in [0, 0.1) is 5.82 Å². The zero-order valence-electron chi connectivity index (χ0n) is 14.2. The van der Waals surface area contributed by atoms with Gasteiger partial charge in [-0.05, 0) is 55.7 Å². The summed E-state index contributed by atoms with van der Waals surface area (Å²) < 4.78 is 48.6. The minimum atomic E-state index is -3.91. The van der Waals surface area contributed by atoms with Gasteiger partial charge in [0, 0.05) is 23.4 Å². The molecule has 1 aliphatic heterocycles. The molecule has 0 spiro atoms. The van der Waals surface area contributed by atoms with E-state index >= 15 is 0 Å². The number of nitrogen functional groups attached to an aromatic ring is 1. The quantitative estimate of drug-likeness (QED) is 0.776. The van der Waals surface area contributed by atoms with Gasteiger partial charge in [-0.3, -0.25) is 0 Å². The first-order valence-corrected chi connectivity index (χ1v) is 9.86. The fourth-order valence-corrected chi connectivity index (χ4v) is 3.45. The molecule has 0 aliphatic carbocycles. The molecule has 1 aliphatic rings. The number of hydrogen-bond donors (Lipinski definition) is 2. The van der Waals surface area contributed by atoms with E-state index in [1.165, 1.54) is 36.4 Å². The molecule has 1 saturated heterocycles. The molecule has 4 N–H and O–H groups in total. The van der Waals surface area contributed by atoms with Crippen molar-refractivity contribution in [2.45, 2.75) is 30.3 Å². The van der Waals surface area contributed by atoms with Gasteiger partial charge in [0.05, 0.1) is 11.0 Å². The van der Waals surface area contributed by atoms with Crippen molar-refractivity contribution in [2.75, 3.05) is 18.9 Å². The summed E-state index contributed by atoms with van der Waals surface area (Å²) >= 11 is 0. The maximum Gasteiger partial charge on any atom is 0.238 e. The first-order valence-electron chi connectivity index (χ1n) is 8.31. The molecule has 2 aromatic rings. The van der Waals surface area contributed by atoms with E-state index in [0.29, 0.717) is 35.8 Å². The first-order chi connectivity index (χ1) is 12.3. The third-order valence-corrected chi connectivity index (χ3v) is 5.19. The van der Waals surface area contributed by atoms with E-state index in [0.717, 1.165) is 19.3 Å². The van der Waals surface area contributed by atoms with E-state index in [2.05, 4.69) is 0 Å². The van der Waals surface area contributed by atoms with Gasteiger partial charge in [0.2, 0.25) is 10.0 Å².